The highest BCUT2D eigenvalue weighted by atomic mass is 16.6. The van der Waals surface area contributed by atoms with Crippen molar-refractivity contribution >= 4 is 38.0 Å². The zero-order valence-corrected chi connectivity index (χ0v) is 11.1. The van der Waals surface area contributed by atoms with E-state index in [4.69, 9.17) is 0 Å². The number of fused-ring (bicyclic) bond motifs is 3. The molecule has 4 rings (SSSR count). The third kappa shape index (κ3) is 1.91. The average Bonchev–Trinajstić information content (AvgIpc) is 2.50. The molecule has 0 aliphatic carbocycles. The van der Waals surface area contributed by atoms with Crippen LogP contribution in [0, 0.1) is 10.1 Å². The minimum Gasteiger partial charge on any atom is -0.258 e. The van der Waals surface area contributed by atoms with Gasteiger partial charge in [0.25, 0.3) is 5.69 Å². The lowest BCUT2D eigenvalue weighted by Gasteiger charge is -2.05. The van der Waals surface area contributed by atoms with Crippen LogP contribution in [0.15, 0.2) is 66.7 Å². The van der Waals surface area contributed by atoms with E-state index in [9.17, 15) is 10.1 Å². The van der Waals surface area contributed by atoms with Crippen molar-refractivity contribution in [2.24, 2.45) is 0 Å². The highest BCUT2D eigenvalue weighted by Gasteiger charge is 2.07. The molecule has 0 N–H and O–H groups in total. The van der Waals surface area contributed by atoms with E-state index in [0.29, 0.717) is 0 Å². The van der Waals surface area contributed by atoms with Crippen LogP contribution in [0.3, 0.4) is 0 Å². The summed E-state index contributed by atoms with van der Waals surface area (Å²) in [5.41, 5.74) is 0.127. The van der Waals surface area contributed by atoms with Gasteiger partial charge in [0.2, 0.25) is 0 Å². The molecule has 0 fully saturated rings. The quantitative estimate of drug-likeness (QED) is 0.276. The second-order valence-corrected chi connectivity index (χ2v) is 5.19. The Kier molecular flexibility index (Phi) is 2.42. The zero-order chi connectivity index (χ0) is 14.4. The third-order valence-electron chi connectivity index (χ3n) is 3.85. The van der Waals surface area contributed by atoms with Gasteiger partial charge in [0, 0.05) is 12.1 Å². The van der Waals surface area contributed by atoms with Gasteiger partial charge in [-0.05, 0) is 62.6 Å². The van der Waals surface area contributed by atoms with Gasteiger partial charge in [-0.15, -0.1) is 0 Å². The first kappa shape index (κ1) is 11.9. The maximum absolute atomic E-state index is 10.9. The fourth-order valence-electron chi connectivity index (χ4n) is 2.79. The number of nitro groups is 1. The summed E-state index contributed by atoms with van der Waals surface area (Å²) in [6, 6.07) is 21.6. The Balaban J connectivity index is 2.07. The van der Waals surface area contributed by atoms with Crippen LogP contribution in [0.5, 0.6) is 0 Å². The molecule has 0 saturated carbocycles. The molecule has 4 aromatic rings. The minimum atomic E-state index is -0.357. The lowest BCUT2D eigenvalue weighted by Crippen LogP contribution is -1.87. The van der Waals surface area contributed by atoms with Crippen molar-refractivity contribution in [1.82, 2.24) is 0 Å². The van der Waals surface area contributed by atoms with Gasteiger partial charge in [0.15, 0.2) is 0 Å². The number of nitro benzene ring substituents is 1. The summed E-state index contributed by atoms with van der Waals surface area (Å²) >= 11 is 0. The Morgan fingerprint density at radius 3 is 1.67 bits per heavy atom. The van der Waals surface area contributed by atoms with Crippen LogP contribution in [-0.4, -0.2) is 4.92 Å². The van der Waals surface area contributed by atoms with Gasteiger partial charge in [-0.25, -0.2) is 0 Å². The Hall–Kier alpha value is -2.94. The highest BCUT2D eigenvalue weighted by molar-refractivity contribution is 6.05. The van der Waals surface area contributed by atoms with Crippen LogP contribution >= 0.6 is 0 Å². The molecular weight excluding hydrogens is 262 g/mol. The van der Waals surface area contributed by atoms with Crippen LogP contribution in [0.1, 0.15) is 0 Å². The van der Waals surface area contributed by atoms with Crippen LogP contribution in [-0.2, 0) is 0 Å². The standard InChI is InChI=1S/C18H11NO2/c20-19(21)18-6-5-14-9-15-7-12-3-1-2-4-13(12)8-16(15)10-17(14)11-18/h1-11H. The average molecular weight is 273 g/mol. The molecule has 100 valence electrons. The number of non-ortho nitro benzene ring substituents is 1. The van der Waals surface area contributed by atoms with Crippen molar-refractivity contribution in [3.8, 4) is 0 Å². The largest absolute Gasteiger partial charge is 0.270 e. The fourth-order valence-corrected chi connectivity index (χ4v) is 2.79. The van der Waals surface area contributed by atoms with Crippen molar-refractivity contribution < 1.29 is 4.92 Å². The van der Waals surface area contributed by atoms with Crippen molar-refractivity contribution in [2.75, 3.05) is 0 Å². The number of hydrogen-bond donors (Lipinski definition) is 0. The molecule has 0 aromatic heterocycles. The van der Waals surface area contributed by atoms with Gasteiger partial charge in [-0.3, -0.25) is 10.1 Å². The van der Waals surface area contributed by atoms with Crippen LogP contribution < -0.4 is 0 Å². The molecule has 3 heteroatoms. The van der Waals surface area contributed by atoms with E-state index in [2.05, 4.69) is 30.3 Å². The first-order chi connectivity index (χ1) is 10.2. The lowest BCUT2D eigenvalue weighted by atomic mass is 9.99. The summed E-state index contributed by atoms with van der Waals surface area (Å²) < 4.78 is 0. The summed E-state index contributed by atoms with van der Waals surface area (Å²) in [5, 5.41) is 17.4. The third-order valence-corrected chi connectivity index (χ3v) is 3.85. The topological polar surface area (TPSA) is 43.1 Å². The zero-order valence-electron chi connectivity index (χ0n) is 11.1. The summed E-state index contributed by atoms with van der Waals surface area (Å²) in [4.78, 5) is 10.5. The molecule has 4 aromatic carbocycles. The van der Waals surface area contributed by atoms with Crippen LogP contribution in [0.4, 0.5) is 5.69 Å². The predicted molar refractivity (Wildman–Crippen MR) is 85.6 cm³/mol. The van der Waals surface area contributed by atoms with E-state index in [0.717, 1.165) is 21.5 Å². The summed E-state index contributed by atoms with van der Waals surface area (Å²) in [6.07, 6.45) is 0. The maximum Gasteiger partial charge on any atom is 0.270 e. The van der Waals surface area contributed by atoms with Gasteiger partial charge in [-0.1, -0.05) is 24.3 Å². The van der Waals surface area contributed by atoms with Crippen molar-refractivity contribution in [2.45, 2.75) is 0 Å². The number of hydrogen-bond acceptors (Lipinski definition) is 2. The van der Waals surface area contributed by atoms with Crippen molar-refractivity contribution in [3.63, 3.8) is 0 Å². The molecule has 3 nitrogen and oxygen atoms in total. The predicted octanol–water partition coefficient (Wildman–Crippen LogP) is 5.05. The molecule has 0 bridgehead atoms. The van der Waals surface area contributed by atoms with E-state index >= 15 is 0 Å². The van der Waals surface area contributed by atoms with Gasteiger partial charge in [0.05, 0.1) is 4.92 Å². The molecule has 21 heavy (non-hydrogen) atoms. The number of rotatable bonds is 1. The first-order valence-electron chi connectivity index (χ1n) is 6.71. The molecule has 0 aliphatic rings. The van der Waals surface area contributed by atoms with Gasteiger partial charge in [-0.2, -0.15) is 0 Å². The summed E-state index contributed by atoms with van der Waals surface area (Å²) in [6.45, 7) is 0. The molecule has 0 atom stereocenters. The SMILES string of the molecule is O=[N+]([O-])c1ccc2cc3cc4ccccc4cc3cc2c1. The molecule has 0 radical (unpaired) electrons. The van der Waals surface area contributed by atoms with Crippen LogP contribution in [0.2, 0.25) is 0 Å². The molecular formula is C18H11NO2. The number of benzene rings is 4. The molecule has 0 amide bonds. The highest BCUT2D eigenvalue weighted by Crippen LogP contribution is 2.29. The van der Waals surface area contributed by atoms with Gasteiger partial charge >= 0.3 is 0 Å². The maximum atomic E-state index is 10.9. The second kappa shape index (κ2) is 4.28. The van der Waals surface area contributed by atoms with E-state index in [1.807, 2.05) is 24.3 Å². The van der Waals surface area contributed by atoms with E-state index in [1.165, 1.54) is 10.8 Å². The molecule has 0 spiro atoms. The van der Waals surface area contributed by atoms with E-state index in [1.54, 1.807) is 12.1 Å². The molecule has 0 unspecified atom stereocenters. The minimum absolute atomic E-state index is 0.127. The van der Waals surface area contributed by atoms with Crippen molar-refractivity contribution in [1.29, 1.82) is 0 Å². The van der Waals surface area contributed by atoms with Gasteiger partial charge < -0.3 is 0 Å². The van der Waals surface area contributed by atoms with Crippen LogP contribution in [0.25, 0.3) is 32.3 Å². The van der Waals surface area contributed by atoms with Gasteiger partial charge in [0.1, 0.15) is 0 Å². The smallest absolute Gasteiger partial charge is 0.258 e. The van der Waals surface area contributed by atoms with E-state index in [-0.39, 0.29) is 10.6 Å². The monoisotopic (exact) mass is 273 g/mol. The Morgan fingerprint density at radius 2 is 1.10 bits per heavy atom. The lowest BCUT2D eigenvalue weighted by molar-refractivity contribution is -0.384. The molecule has 0 saturated heterocycles. The fraction of sp³-hybridized carbons (Fsp3) is 0. The second-order valence-electron chi connectivity index (χ2n) is 5.19. The first-order valence-corrected chi connectivity index (χ1v) is 6.71. The van der Waals surface area contributed by atoms with Crippen molar-refractivity contribution in [3.05, 3.63) is 76.8 Å². The summed E-state index contributed by atoms with van der Waals surface area (Å²) in [5.74, 6) is 0. The Bertz CT molecular complexity index is 1020. The number of nitrogens with zero attached hydrogens (tertiary/aromatic N) is 1. The normalized spacial score (nSPS) is 11.2. The van der Waals surface area contributed by atoms with E-state index < -0.39 is 0 Å². The molecule has 0 heterocycles. The Morgan fingerprint density at radius 1 is 0.619 bits per heavy atom. The Labute approximate surface area is 120 Å². The molecule has 0 aliphatic heterocycles. The summed E-state index contributed by atoms with van der Waals surface area (Å²) in [7, 11) is 0.